The van der Waals surface area contributed by atoms with Gasteiger partial charge >= 0.3 is 0 Å². The molecule has 1 rings (SSSR count). The van der Waals surface area contributed by atoms with E-state index in [1.165, 1.54) is 12.1 Å². The van der Waals surface area contributed by atoms with E-state index in [1.54, 1.807) is 0 Å². The molecule has 0 saturated carbocycles. The molecular weight excluding hydrogens is 295 g/mol. The van der Waals surface area contributed by atoms with E-state index in [2.05, 4.69) is 0 Å². The number of hydrogen-bond donors (Lipinski definition) is 0. The van der Waals surface area contributed by atoms with Crippen LogP contribution in [-0.4, -0.2) is 28.2 Å². The van der Waals surface area contributed by atoms with E-state index in [1.807, 2.05) is 0 Å². The van der Waals surface area contributed by atoms with Gasteiger partial charge in [0.1, 0.15) is 0 Å². The fraction of sp³-hybridized carbons (Fsp3) is 0.250. The molecule has 0 amide bonds. The van der Waals surface area contributed by atoms with Gasteiger partial charge in [0, 0.05) is 11.3 Å². The van der Waals surface area contributed by atoms with Gasteiger partial charge in [-0.25, -0.2) is 16.8 Å². The lowest BCUT2D eigenvalue weighted by atomic mass is 10.4. The molecular formula is C8H8Cl2O4S2. The maximum atomic E-state index is 11.7. The second-order valence-electron chi connectivity index (χ2n) is 3.23. The first kappa shape index (κ1) is 13.8. The fourth-order valence-electron chi connectivity index (χ4n) is 1.06. The van der Waals surface area contributed by atoms with E-state index in [-0.39, 0.29) is 14.9 Å². The normalized spacial score (nSPS) is 12.7. The average molecular weight is 303 g/mol. The van der Waals surface area contributed by atoms with Crippen molar-refractivity contribution in [3.05, 3.63) is 28.2 Å². The Morgan fingerprint density at radius 1 is 1.12 bits per heavy atom. The monoisotopic (exact) mass is 302 g/mol. The highest BCUT2D eigenvalue weighted by Gasteiger charge is 2.23. The van der Waals surface area contributed by atoms with Crippen LogP contribution in [0.2, 0.25) is 10.0 Å². The summed E-state index contributed by atoms with van der Waals surface area (Å²) >= 11 is 11.3. The molecule has 0 spiro atoms. The van der Waals surface area contributed by atoms with Crippen LogP contribution in [0, 0.1) is 0 Å². The van der Waals surface area contributed by atoms with Gasteiger partial charge in [0.05, 0.1) is 9.92 Å². The third-order valence-corrected chi connectivity index (χ3v) is 6.24. The first-order valence-corrected chi connectivity index (χ1v) is 8.44. The average Bonchev–Trinajstić information content (AvgIpc) is 2.04. The molecule has 0 heterocycles. The molecule has 0 saturated heterocycles. The highest BCUT2D eigenvalue weighted by Crippen LogP contribution is 2.26. The van der Waals surface area contributed by atoms with Crippen LogP contribution in [0.5, 0.6) is 0 Å². The Morgan fingerprint density at radius 2 is 1.69 bits per heavy atom. The zero-order chi connectivity index (χ0) is 12.6. The number of benzene rings is 1. The fourth-order valence-corrected chi connectivity index (χ4v) is 5.20. The van der Waals surface area contributed by atoms with Crippen LogP contribution in [-0.2, 0) is 19.7 Å². The van der Waals surface area contributed by atoms with Crippen LogP contribution >= 0.6 is 23.2 Å². The van der Waals surface area contributed by atoms with E-state index in [4.69, 9.17) is 23.2 Å². The molecule has 0 aliphatic rings. The summed E-state index contributed by atoms with van der Waals surface area (Å²) in [5, 5.41) is -0.857. The maximum absolute atomic E-state index is 11.7. The molecule has 0 aromatic heterocycles. The molecule has 0 bridgehead atoms. The molecule has 90 valence electrons. The van der Waals surface area contributed by atoms with Gasteiger partial charge < -0.3 is 0 Å². The van der Waals surface area contributed by atoms with E-state index in [0.717, 1.165) is 12.3 Å². The second-order valence-corrected chi connectivity index (χ2v) is 8.54. The van der Waals surface area contributed by atoms with Crippen LogP contribution in [0.25, 0.3) is 0 Å². The Morgan fingerprint density at radius 3 is 2.19 bits per heavy atom. The lowest BCUT2D eigenvalue weighted by Gasteiger charge is -2.05. The molecule has 1 aromatic rings. The van der Waals surface area contributed by atoms with Crippen molar-refractivity contribution in [2.24, 2.45) is 0 Å². The zero-order valence-electron chi connectivity index (χ0n) is 8.14. The zero-order valence-corrected chi connectivity index (χ0v) is 11.3. The van der Waals surface area contributed by atoms with Crippen molar-refractivity contribution < 1.29 is 16.8 Å². The van der Waals surface area contributed by atoms with Crippen molar-refractivity contribution >= 4 is 42.9 Å². The lowest BCUT2D eigenvalue weighted by Crippen LogP contribution is -2.15. The van der Waals surface area contributed by atoms with Gasteiger partial charge in [-0.3, -0.25) is 0 Å². The highest BCUT2D eigenvalue weighted by molar-refractivity contribution is 8.07. The van der Waals surface area contributed by atoms with Gasteiger partial charge in [0.25, 0.3) is 0 Å². The van der Waals surface area contributed by atoms with Crippen molar-refractivity contribution in [2.75, 3.05) is 11.3 Å². The van der Waals surface area contributed by atoms with Crippen molar-refractivity contribution in [3.8, 4) is 0 Å². The number of rotatable bonds is 3. The minimum atomic E-state index is -3.98. The van der Waals surface area contributed by atoms with Gasteiger partial charge in [0.15, 0.2) is 24.8 Å². The maximum Gasteiger partial charge on any atom is 0.194 e. The largest absolute Gasteiger partial charge is 0.228 e. The first-order valence-electron chi connectivity index (χ1n) is 3.97. The predicted molar refractivity (Wildman–Crippen MR) is 63.4 cm³/mol. The Balaban J connectivity index is 3.33. The molecule has 0 atom stereocenters. The van der Waals surface area contributed by atoms with E-state index >= 15 is 0 Å². The number of hydrogen-bond acceptors (Lipinski definition) is 4. The van der Waals surface area contributed by atoms with Crippen LogP contribution in [0.1, 0.15) is 0 Å². The minimum Gasteiger partial charge on any atom is -0.228 e. The van der Waals surface area contributed by atoms with E-state index in [9.17, 15) is 16.8 Å². The Bertz CT molecular complexity index is 605. The van der Waals surface area contributed by atoms with Crippen molar-refractivity contribution in [1.29, 1.82) is 0 Å². The van der Waals surface area contributed by atoms with Crippen molar-refractivity contribution in [3.63, 3.8) is 0 Å². The van der Waals surface area contributed by atoms with E-state index < -0.39 is 24.8 Å². The summed E-state index contributed by atoms with van der Waals surface area (Å²) in [5.41, 5.74) is 0. The molecule has 0 radical (unpaired) electrons. The lowest BCUT2D eigenvalue weighted by molar-refractivity contribution is 0.592. The molecule has 0 unspecified atom stereocenters. The van der Waals surface area contributed by atoms with Crippen LogP contribution in [0.3, 0.4) is 0 Å². The summed E-state index contributed by atoms with van der Waals surface area (Å²) in [6.07, 6.45) is 0.836. The van der Waals surface area contributed by atoms with Gasteiger partial charge in [-0.1, -0.05) is 23.2 Å². The van der Waals surface area contributed by atoms with Crippen LogP contribution < -0.4 is 0 Å². The molecule has 0 aliphatic heterocycles. The molecule has 0 N–H and O–H groups in total. The third-order valence-electron chi connectivity index (χ3n) is 1.60. The quantitative estimate of drug-likeness (QED) is 0.853. The van der Waals surface area contributed by atoms with Gasteiger partial charge in [-0.05, 0) is 18.2 Å². The van der Waals surface area contributed by atoms with Crippen molar-refractivity contribution in [2.45, 2.75) is 4.90 Å². The van der Waals surface area contributed by atoms with Gasteiger partial charge in [-0.15, -0.1) is 0 Å². The summed E-state index contributed by atoms with van der Waals surface area (Å²) in [4.78, 5) is -0.271. The first-order chi connectivity index (χ1) is 7.12. The predicted octanol–water partition coefficient (Wildman–Crippen LogP) is 1.77. The smallest absolute Gasteiger partial charge is 0.194 e. The van der Waals surface area contributed by atoms with Crippen molar-refractivity contribution in [1.82, 2.24) is 0 Å². The standard InChI is InChI=1S/C8H8Cl2O4S2/c1-15(11,12)5-16(13,14)8-4-6(9)2-3-7(8)10/h2-4H,5H2,1H3. The van der Waals surface area contributed by atoms with Crippen LogP contribution in [0.15, 0.2) is 23.1 Å². The molecule has 0 fully saturated rings. The van der Waals surface area contributed by atoms with E-state index in [0.29, 0.717) is 0 Å². The molecule has 4 nitrogen and oxygen atoms in total. The third kappa shape index (κ3) is 3.62. The molecule has 0 aliphatic carbocycles. The Kier molecular flexibility index (Phi) is 3.89. The topological polar surface area (TPSA) is 68.3 Å². The number of sulfone groups is 2. The van der Waals surface area contributed by atoms with Gasteiger partial charge in [0.2, 0.25) is 0 Å². The van der Waals surface area contributed by atoms with Crippen LogP contribution in [0.4, 0.5) is 0 Å². The summed E-state index contributed by atoms with van der Waals surface area (Å²) in [5.74, 6) is 0. The molecule has 16 heavy (non-hydrogen) atoms. The van der Waals surface area contributed by atoms with Gasteiger partial charge in [-0.2, -0.15) is 0 Å². The number of halogens is 2. The highest BCUT2D eigenvalue weighted by atomic mass is 35.5. The summed E-state index contributed by atoms with van der Waals surface area (Å²) in [7, 11) is -7.62. The summed E-state index contributed by atoms with van der Waals surface area (Å²) in [6.45, 7) is 0. The Labute approximate surface area is 104 Å². The minimum absolute atomic E-state index is 0.0481. The summed E-state index contributed by atoms with van der Waals surface area (Å²) < 4.78 is 45.3. The molecule has 1 aromatic carbocycles. The summed E-state index contributed by atoms with van der Waals surface area (Å²) in [6, 6.07) is 3.85. The SMILES string of the molecule is CS(=O)(=O)CS(=O)(=O)c1cc(Cl)ccc1Cl. The Hall–Kier alpha value is -0.300. The molecule has 8 heteroatoms. The second kappa shape index (κ2) is 4.52.